The van der Waals surface area contributed by atoms with Crippen LogP contribution in [0.2, 0.25) is 5.02 Å². The SMILES string of the molecule is CN(C)S(=O)(=O)c1ccc(N=c2ccc3c(-c4ccccc4S(=O)(=O)O)c4ccc(Cl)cc4oc-3c2)cc1. The molecule has 3 aromatic carbocycles. The second-order valence-electron chi connectivity index (χ2n) is 8.66. The molecule has 5 rings (SSSR count). The molecule has 3 aromatic rings. The molecule has 0 aromatic heterocycles. The van der Waals surface area contributed by atoms with E-state index in [1.54, 1.807) is 60.7 Å². The van der Waals surface area contributed by atoms with E-state index in [4.69, 9.17) is 16.0 Å². The number of fused-ring (bicyclic) bond motifs is 2. The lowest BCUT2D eigenvalue weighted by atomic mass is 9.93. The first kappa shape index (κ1) is 26.1. The van der Waals surface area contributed by atoms with Crippen LogP contribution in [-0.4, -0.2) is 39.8 Å². The van der Waals surface area contributed by atoms with Crippen molar-refractivity contribution >= 4 is 48.4 Å². The molecule has 1 aliphatic carbocycles. The van der Waals surface area contributed by atoms with E-state index >= 15 is 0 Å². The zero-order chi connectivity index (χ0) is 27.2. The number of rotatable bonds is 5. The zero-order valence-electron chi connectivity index (χ0n) is 20.2. The molecule has 0 unspecified atom stereocenters. The third-order valence-electron chi connectivity index (χ3n) is 5.98. The summed E-state index contributed by atoms with van der Waals surface area (Å²) in [5, 5.41) is 1.57. The standard InChI is InChI=1S/C27H21ClN2O6S2/c1-30(2)37(31,32)20-11-8-18(9-12-20)29-19-10-14-22-25(16-19)36-24-15-17(28)7-13-21(24)27(22)23-5-3-4-6-26(23)38(33,34)35/h3-16H,1-2H3,(H,33,34,35). The molecular formula is C27H21ClN2O6S2. The van der Waals surface area contributed by atoms with Crippen molar-refractivity contribution in [1.82, 2.24) is 4.31 Å². The van der Waals surface area contributed by atoms with E-state index < -0.39 is 20.1 Å². The van der Waals surface area contributed by atoms with E-state index in [0.29, 0.717) is 49.5 Å². The molecule has 8 nitrogen and oxygen atoms in total. The van der Waals surface area contributed by atoms with Crippen molar-refractivity contribution in [2.24, 2.45) is 4.99 Å². The molecule has 0 fully saturated rings. The van der Waals surface area contributed by atoms with Crippen LogP contribution in [0.1, 0.15) is 0 Å². The quantitative estimate of drug-likeness (QED) is 0.218. The molecule has 1 aliphatic heterocycles. The highest BCUT2D eigenvalue weighted by molar-refractivity contribution is 7.89. The fourth-order valence-corrected chi connectivity index (χ4v) is 5.93. The van der Waals surface area contributed by atoms with Crippen LogP contribution >= 0.6 is 11.6 Å². The summed E-state index contributed by atoms with van der Waals surface area (Å²) in [4.78, 5) is 4.51. The lowest BCUT2D eigenvalue weighted by molar-refractivity contribution is 0.483. The number of nitrogens with zero attached hydrogens (tertiary/aromatic N) is 2. The number of halogens is 1. The minimum absolute atomic E-state index is 0.153. The van der Waals surface area contributed by atoms with E-state index in [1.807, 2.05) is 0 Å². The topological polar surface area (TPSA) is 117 Å². The summed E-state index contributed by atoms with van der Waals surface area (Å²) in [5.41, 5.74) is 2.41. The number of sulfonamides is 1. The van der Waals surface area contributed by atoms with Gasteiger partial charge >= 0.3 is 0 Å². The molecular weight excluding hydrogens is 548 g/mol. The van der Waals surface area contributed by atoms with Crippen molar-refractivity contribution in [2.75, 3.05) is 14.1 Å². The normalized spacial score (nSPS) is 13.0. The van der Waals surface area contributed by atoms with Crippen LogP contribution in [0.3, 0.4) is 0 Å². The van der Waals surface area contributed by atoms with Crippen LogP contribution in [0.25, 0.3) is 33.4 Å². The van der Waals surface area contributed by atoms with E-state index in [-0.39, 0.29) is 9.79 Å². The molecule has 2 aliphatic rings. The monoisotopic (exact) mass is 568 g/mol. The third kappa shape index (κ3) is 4.84. The second-order valence-corrected chi connectivity index (χ2v) is 12.6. The van der Waals surface area contributed by atoms with E-state index in [1.165, 1.54) is 38.4 Å². The van der Waals surface area contributed by atoms with Crippen molar-refractivity contribution in [3.8, 4) is 22.5 Å². The molecule has 0 bridgehead atoms. The van der Waals surface area contributed by atoms with Crippen LogP contribution in [0, 0.1) is 0 Å². The van der Waals surface area contributed by atoms with Crippen molar-refractivity contribution < 1.29 is 25.8 Å². The lowest BCUT2D eigenvalue weighted by Crippen LogP contribution is -2.22. The first-order valence-electron chi connectivity index (χ1n) is 11.3. The minimum atomic E-state index is -4.52. The Kier molecular flexibility index (Phi) is 6.62. The molecule has 194 valence electrons. The Bertz CT molecular complexity index is 1950. The maximum Gasteiger partial charge on any atom is 0.295 e. The Morgan fingerprint density at radius 1 is 0.842 bits per heavy atom. The second kappa shape index (κ2) is 9.64. The predicted octanol–water partition coefficient (Wildman–Crippen LogP) is 5.59. The number of benzene rings is 4. The first-order chi connectivity index (χ1) is 17.9. The summed E-state index contributed by atoms with van der Waals surface area (Å²) in [6.07, 6.45) is 0. The Hall–Kier alpha value is -3.54. The Balaban J connectivity index is 1.73. The molecule has 0 amide bonds. The first-order valence-corrected chi connectivity index (χ1v) is 14.5. The summed E-state index contributed by atoms with van der Waals surface area (Å²) in [6.45, 7) is 0. The van der Waals surface area contributed by atoms with Crippen LogP contribution < -0.4 is 5.36 Å². The summed E-state index contributed by atoms with van der Waals surface area (Å²) in [6, 6.07) is 22.6. The van der Waals surface area contributed by atoms with Gasteiger partial charge in [-0.25, -0.2) is 17.7 Å². The Morgan fingerprint density at radius 3 is 2.24 bits per heavy atom. The van der Waals surface area contributed by atoms with Gasteiger partial charge in [-0.15, -0.1) is 0 Å². The fraction of sp³-hybridized carbons (Fsp3) is 0.0741. The van der Waals surface area contributed by atoms with Gasteiger partial charge in [-0.05, 0) is 54.6 Å². The maximum absolute atomic E-state index is 12.3. The molecule has 0 atom stereocenters. The van der Waals surface area contributed by atoms with E-state index in [0.717, 1.165) is 4.31 Å². The van der Waals surface area contributed by atoms with Gasteiger partial charge in [-0.1, -0.05) is 29.8 Å². The highest BCUT2D eigenvalue weighted by Crippen LogP contribution is 2.42. The van der Waals surface area contributed by atoms with Gasteiger partial charge in [0.1, 0.15) is 16.2 Å². The van der Waals surface area contributed by atoms with Crippen LogP contribution in [-0.2, 0) is 20.1 Å². The Labute approximate surface area is 224 Å². The fourth-order valence-electron chi connectivity index (χ4n) is 4.16. The van der Waals surface area contributed by atoms with Crippen molar-refractivity contribution in [1.29, 1.82) is 0 Å². The predicted molar refractivity (Wildman–Crippen MR) is 146 cm³/mol. The van der Waals surface area contributed by atoms with Crippen molar-refractivity contribution in [3.63, 3.8) is 0 Å². The maximum atomic E-state index is 12.3. The molecule has 0 saturated carbocycles. The van der Waals surface area contributed by atoms with Gasteiger partial charge in [0, 0.05) is 53.3 Å². The molecule has 1 heterocycles. The van der Waals surface area contributed by atoms with Crippen molar-refractivity contribution in [3.05, 3.63) is 95.3 Å². The van der Waals surface area contributed by atoms with Gasteiger partial charge in [0.25, 0.3) is 10.1 Å². The highest BCUT2D eigenvalue weighted by atomic mass is 35.5. The van der Waals surface area contributed by atoms with Gasteiger partial charge in [-0.2, -0.15) is 8.42 Å². The number of hydrogen-bond acceptors (Lipinski definition) is 6. The zero-order valence-corrected chi connectivity index (χ0v) is 22.5. The van der Waals surface area contributed by atoms with Gasteiger partial charge in [0.2, 0.25) is 10.0 Å². The third-order valence-corrected chi connectivity index (χ3v) is 8.95. The van der Waals surface area contributed by atoms with E-state index in [2.05, 4.69) is 4.99 Å². The van der Waals surface area contributed by atoms with Gasteiger partial charge < -0.3 is 4.42 Å². The summed E-state index contributed by atoms with van der Waals surface area (Å²) < 4.78 is 66.2. The smallest absolute Gasteiger partial charge is 0.295 e. The molecule has 0 saturated heterocycles. The molecule has 38 heavy (non-hydrogen) atoms. The van der Waals surface area contributed by atoms with Gasteiger partial charge in [-0.3, -0.25) is 4.55 Å². The highest BCUT2D eigenvalue weighted by Gasteiger charge is 2.23. The van der Waals surface area contributed by atoms with Crippen LogP contribution in [0.15, 0.2) is 104 Å². The van der Waals surface area contributed by atoms with Crippen molar-refractivity contribution in [2.45, 2.75) is 9.79 Å². The largest absolute Gasteiger partial charge is 0.456 e. The number of hydrogen-bond donors (Lipinski definition) is 1. The van der Waals surface area contributed by atoms with Gasteiger partial charge in [0.05, 0.1) is 15.9 Å². The summed E-state index contributed by atoms with van der Waals surface area (Å²) in [5.74, 6) is 0.410. The summed E-state index contributed by atoms with van der Waals surface area (Å²) in [7, 11) is -5.15. The molecule has 11 heteroatoms. The minimum Gasteiger partial charge on any atom is -0.456 e. The molecule has 0 radical (unpaired) electrons. The average molecular weight is 569 g/mol. The summed E-state index contributed by atoms with van der Waals surface area (Å²) >= 11 is 6.21. The van der Waals surface area contributed by atoms with Crippen LogP contribution in [0.5, 0.6) is 0 Å². The van der Waals surface area contributed by atoms with E-state index in [9.17, 15) is 21.4 Å². The Morgan fingerprint density at radius 2 is 1.55 bits per heavy atom. The lowest BCUT2D eigenvalue weighted by Gasteiger charge is -2.17. The van der Waals surface area contributed by atoms with Crippen LogP contribution in [0.4, 0.5) is 5.69 Å². The molecule has 1 N–H and O–H groups in total. The van der Waals surface area contributed by atoms with Gasteiger partial charge in [0.15, 0.2) is 0 Å². The average Bonchev–Trinajstić information content (AvgIpc) is 2.87. The molecule has 0 spiro atoms.